The Balaban J connectivity index is 2.72. The van der Waals surface area contributed by atoms with Gasteiger partial charge in [0.1, 0.15) is 5.56 Å². The van der Waals surface area contributed by atoms with Crippen molar-refractivity contribution in [3.8, 4) is 0 Å². The van der Waals surface area contributed by atoms with Crippen LogP contribution in [-0.2, 0) is 7.05 Å². The SMILES string of the molecule is CCCC(C)N(C)c1c(C(=O)O)cnc2c1c(C)nn2C. The Morgan fingerprint density at radius 2 is 2.19 bits per heavy atom. The lowest BCUT2D eigenvalue weighted by Crippen LogP contribution is -2.30. The van der Waals surface area contributed by atoms with Crippen LogP contribution >= 0.6 is 0 Å². The summed E-state index contributed by atoms with van der Waals surface area (Å²) >= 11 is 0. The number of carbonyl (C=O) groups is 1. The number of rotatable bonds is 5. The normalized spacial score (nSPS) is 12.6. The maximum atomic E-state index is 11.6. The summed E-state index contributed by atoms with van der Waals surface area (Å²) in [5, 5.41) is 14.7. The molecule has 0 saturated heterocycles. The van der Waals surface area contributed by atoms with E-state index in [4.69, 9.17) is 0 Å². The van der Waals surface area contributed by atoms with Gasteiger partial charge in [0.15, 0.2) is 5.65 Å². The van der Waals surface area contributed by atoms with Crippen LogP contribution in [0.4, 0.5) is 5.69 Å². The van der Waals surface area contributed by atoms with Crippen LogP contribution in [0, 0.1) is 6.92 Å². The quantitative estimate of drug-likeness (QED) is 0.916. The molecule has 114 valence electrons. The first kappa shape index (κ1) is 15.3. The van der Waals surface area contributed by atoms with Crippen LogP contribution in [-0.4, -0.2) is 38.9 Å². The van der Waals surface area contributed by atoms with E-state index in [2.05, 4.69) is 23.9 Å². The largest absolute Gasteiger partial charge is 0.478 e. The van der Waals surface area contributed by atoms with Gasteiger partial charge in [0.25, 0.3) is 0 Å². The van der Waals surface area contributed by atoms with Gasteiger partial charge in [-0.2, -0.15) is 5.10 Å². The van der Waals surface area contributed by atoms with Gasteiger partial charge >= 0.3 is 5.97 Å². The number of hydrogen-bond acceptors (Lipinski definition) is 4. The first-order valence-corrected chi connectivity index (χ1v) is 7.16. The Labute approximate surface area is 124 Å². The van der Waals surface area contributed by atoms with E-state index in [1.807, 2.05) is 25.9 Å². The summed E-state index contributed by atoms with van der Waals surface area (Å²) in [5.41, 5.74) is 2.44. The minimum Gasteiger partial charge on any atom is -0.478 e. The fourth-order valence-corrected chi connectivity index (χ4v) is 2.75. The van der Waals surface area contributed by atoms with Gasteiger partial charge in [-0.3, -0.25) is 4.68 Å². The van der Waals surface area contributed by atoms with Crippen molar-refractivity contribution >= 4 is 22.7 Å². The number of aromatic nitrogens is 3. The van der Waals surface area contributed by atoms with E-state index in [-0.39, 0.29) is 11.6 Å². The molecule has 0 radical (unpaired) electrons. The summed E-state index contributed by atoms with van der Waals surface area (Å²) in [6, 6.07) is 0.248. The van der Waals surface area contributed by atoms with Gasteiger partial charge in [0.05, 0.1) is 16.8 Å². The second kappa shape index (κ2) is 5.71. The summed E-state index contributed by atoms with van der Waals surface area (Å²) in [6.07, 6.45) is 3.48. The van der Waals surface area contributed by atoms with E-state index in [1.165, 1.54) is 6.20 Å². The summed E-state index contributed by atoms with van der Waals surface area (Å²) < 4.78 is 1.69. The van der Waals surface area contributed by atoms with Crippen molar-refractivity contribution < 1.29 is 9.90 Å². The zero-order chi connectivity index (χ0) is 15.7. The van der Waals surface area contributed by atoms with Crippen molar-refractivity contribution in [2.24, 2.45) is 7.05 Å². The zero-order valence-electron chi connectivity index (χ0n) is 13.2. The third-order valence-electron chi connectivity index (χ3n) is 3.95. The highest BCUT2D eigenvalue weighted by Crippen LogP contribution is 2.32. The molecule has 0 bridgehead atoms. The summed E-state index contributed by atoms with van der Waals surface area (Å²) in [7, 11) is 3.76. The topological polar surface area (TPSA) is 71.2 Å². The third kappa shape index (κ3) is 2.57. The number of hydrogen-bond donors (Lipinski definition) is 1. The number of fused-ring (bicyclic) bond motifs is 1. The van der Waals surface area contributed by atoms with E-state index >= 15 is 0 Å². The molecule has 0 aliphatic carbocycles. The van der Waals surface area contributed by atoms with Crippen molar-refractivity contribution in [2.45, 2.75) is 39.7 Å². The number of carboxylic acids is 1. The van der Waals surface area contributed by atoms with E-state index in [1.54, 1.807) is 4.68 Å². The highest BCUT2D eigenvalue weighted by Gasteiger charge is 2.24. The third-order valence-corrected chi connectivity index (χ3v) is 3.95. The van der Waals surface area contributed by atoms with Crippen molar-refractivity contribution in [2.75, 3.05) is 11.9 Å². The molecule has 2 aromatic rings. The highest BCUT2D eigenvalue weighted by atomic mass is 16.4. The molecule has 0 saturated carbocycles. The van der Waals surface area contributed by atoms with Gasteiger partial charge in [0, 0.05) is 26.3 Å². The number of anilines is 1. The summed E-state index contributed by atoms with van der Waals surface area (Å²) in [4.78, 5) is 17.9. The smallest absolute Gasteiger partial charge is 0.339 e. The molecule has 0 fully saturated rings. The standard InChI is InChI=1S/C15H22N4O2/c1-6-7-9(2)18(4)13-11(15(20)21)8-16-14-12(13)10(3)17-19(14)5/h8-9H,6-7H2,1-5H3,(H,20,21). The Morgan fingerprint density at radius 1 is 1.52 bits per heavy atom. The number of carboxylic acid groups (broad SMARTS) is 1. The number of aryl methyl sites for hydroxylation is 2. The predicted octanol–water partition coefficient (Wildman–Crippen LogP) is 2.60. The minimum atomic E-state index is -0.960. The molecular formula is C15H22N4O2. The number of pyridine rings is 1. The molecule has 0 aromatic carbocycles. The Hall–Kier alpha value is -2.11. The van der Waals surface area contributed by atoms with Gasteiger partial charge in [0.2, 0.25) is 0 Å². The van der Waals surface area contributed by atoms with E-state index in [0.717, 1.165) is 23.9 Å². The van der Waals surface area contributed by atoms with Crippen LogP contribution in [0.25, 0.3) is 11.0 Å². The molecule has 0 amide bonds. The van der Waals surface area contributed by atoms with Crippen molar-refractivity contribution in [3.05, 3.63) is 17.5 Å². The van der Waals surface area contributed by atoms with Gasteiger partial charge in [-0.1, -0.05) is 13.3 Å². The molecule has 6 heteroatoms. The fourth-order valence-electron chi connectivity index (χ4n) is 2.75. The molecular weight excluding hydrogens is 268 g/mol. The molecule has 6 nitrogen and oxygen atoms in total. The molecule has 1 N–H and O–H groups in total. The molecule has 1 atom stereocenters. The molecule has 2 rings (SSSR count). The fraction of sp³-hybridized carbons (Fsp3) is 0.533. The zero-order valence-corrected chi connectivity index (χ0v) is 13.2. The van der Waals surface area contributed by atoms with Crippen LogP contribution in [0.3, 0.4) is 0 Å². The van der Waals surface area contributed by atoms with Crippen LogP contribution in [0.5, 0.6) is 0 Å². The molecule has 0 aliphatic heterocycles. The van der Waals surface area contributed by atoms with Gasteiger partial charge in [-0.15, -0.1) is 0 Å². The second-order valence-corrected chi connectivity index (χ2v) is 5.48. The second-order valence-electron chi connectivity index (χ2n) is 5.48. The van der Waals surface area contributed by atoms with E-state index in [9.17, 15) is 9.90 Å². The summed E-state index contributed by atoms with van der Waals surface area (Å²) in [5.74, 6) is -0.960. The minimum absolute atomic E-state index is 0.226. The van der Waals surface area contributed by atoms with Crippen molar-refractivity contribution in [1.29, 1.82) is 0 Å². The Bertz CT molecular complexity index is 678. The predicted molar refractivity (Wildman–Crippen MR) is 83.0 cm³/mol. The van der Waals surface area contributed by atoms with Gasteiger partial charge < -0.3 is 10.0 Å². The van der Waals surface area contributed by atoms with Gasteiger partial charge in [-0.05, 0) is 20.3 Å². The van der Waals surface area contributed by atoms with Crippen LogP contribution in [0.15, 0.2) is 6.20 Å². The van der Waals surface area contributed by atoms with Crippen molar-refractivity contribution in [1.82, 2.24) is 14.8 Å². The lowest BCUT2D eigenvalue weighted by Gasteiger charge is -2.28. The molecule has 2 heterocycles. The Kier molecular flexibility index (Phi) is 4.16. The molecule has 21 heavy (non-hydrogen) atoms. The van der Waals surface area contributed by atoms with Crippen LogP contribution < -0.4 is 4.90 Å². The monoisotopic (exact) mass is 290 g/mol. The van der Waals surface area contributed by atoms with Crippen LogP contribution in [0.1, 0.15) is 42.7 Å². The van der Waals surface area contributed by atoms with Crippen molar-refractivity contribution in [3.63, 3.8) is 0 Å². The Morgan fingerprint density at radius 3 is 2.76 bits per heavy atom. The lowest BCUT2D eigenvalue weighted by molar-refractivity contribution is 0.0697. The maximum Gasteiger partial charge on any atom is 0.339 e. The summed E-state index contributed by atoms with van der Waals surface area (Å²) in [6.45, 7) is 6.12. The molecule has 0 aliphatic rings. The van der Waals surface area contributed by atoms with Crippen LogP contribution in [0.2, 0.25) is 0 Å². The first-order valence-electron chi connectivity index (χ1n) is 7.16. The first-order chi connectivity index (χ1) is 9.88. The average molecular weight is 290 g/mol. The lowest BCUT2D eigenvalue weighted by atomic mass is 10.1. The highest BCUT2D eigenvalue weighted by molar-refractivity contribution is 6.04. The number of aromatic carboxylic acids is 1. The van der Waals surface area contributed by atoms with E-state index in [0.29, 0.717) is 11.3 Å². The average Bonchev–Trinajstić information content (AvgIpc) is 2.72. The molecule has 2 aromatic heterocycles. The number of nitrogens with zero attached hydrogens (tertiary/aromatic N) is 4. The van der Waals surface area contributed by atoms with Gasteiger partial charge in [-0.25, -0.2) is 9.78 Å². The maximum absolute atomic E-state index is 11.6. The molecule has 1 unspecified atom stereocenters. The molecule has 0 spiro atoms. The van der Waals surface area contributed by atoms with E-state index < -0.39 is 5.97 Å².